The second-order valence-electron chi connectivity index (χ2n) is 7.90. The van der Waals surface area contributed by atoms with Crippen LogP contribution in [-0.2, 0) is 21.3 Å². The first kappa shape index (κ1) is 13.7. The quantitative estimate of drug-likeness (QED) is 0.587. The summed E-state index contributed by atoms with van der Waals surface area (Å²) in [5.41, 5.74) is 2.77. The molecular weight excluding hydrogens is 304 g/mol. The third kappa shape index (κ3) is 1.44. The van der Waals surface area contributed by atoms with Gasteiger partial charge in [0, 0.05) is 12.5 Å². The average Bonchev–Trinajstić information content (AvgIpc) is 3.02. The van der Waals surface area contributed by atoms with Gasteiger partial charge in [-0.1, -0.05) is 12.2 Å². The molecule has 126 valence electrons. The molecule has 24 heavy (non-hydrogen) atoms. The summed E-state index contributed by atoms with van der Waals surface area (Å²) >= 11 is 0. The van der Waals surface area contributed by atoms with Crippen LogP contribution in [0.15, 0.2) is 24.3 Å². The minimum absolute atomic E-state index is 0.0277. The highest BCUT2D eigenvalue weighted by atomic mass is 16.7. The van der Waals surface area contributed by atoms with Crippen LogP contribution in [0, 0.1) is 5.92 Å². The zero-order valence-electron chi connectivity index (χ0n) is 13.9. The lowest BCUT2D eigenvalue weighted by Gasteiger charge is -2.45. The van der Waals surface area contributed by atoms with Crippen LogP contribution in [0.3, 0.4) is 0 Å². The number of epoxide rings is 1. The highest BCUT2D eigenvalue weighted by Crippen LogP contribution is 2.70. The van der Waals surface area contributed by atoms with Gasteiger partial charge in [0.25, 0.3) is 0 Å². The second-order valence-corrected chi connectivity index (χ2v) is 7.90. The smallest absolute Gasteiger partial charge is 0.231 e. The van der Waals surface area contributed by atoms with Crippen LogP contribution in [0.25, 0.3) is 0 Å². The van der Waals surface area contributed by atoms with Crippen molar-refractivity contribution in [1.29, 1.82) is 0 Å². The lowest BCUT2D eigenvalue weighted by molar-refractivity contribution is 0.0394. The summed E-state index contributed by atoms with van der Waals surface area (Å²) in [5.74, 6) is 2.46. The Balaban J connectivity index is 1.61. The van der Waals surface area contributed by atoms with Crippen LogP contribution < -0.4 is 9.47 Å². The van der Waals surface area contributed by atoms with Gasteiger partial charge in [-0.05, 0) is 61.3 Å². The molecule has 2 spiro atoms. The van der Waals surface area contributed by atoms with Crippen LogP contribution in [0.2, 0.25) is 0 Å². The summed E-state index contributed by atoms with van der Waals surface area (Å²) in [6, 6.07) is 4.48. The fourth-order valence-electron chi connectivity index (χ4n) is 6.06. The number of fused-ring (bicyclic) bond motifs is 2. The lowest BCUT2D eigenvalue weighted by Crippen LogP contribution is -2.49. The first-order chi connectivity index (χ1) is 11.8. The minimum atomic E-state index is -0.112. The molecule has 1 saturated heterocycles. The summed E-state index contributed by atoms with van der Waals surface area (Å²) < 4.78 is 23.4. The predicted octanol–water partition coefficient (Wildman–Crippen LogP) is 3.12. The molecule has 5 atom stereocenters. The van der Waals surface area contributed by atoms with Crippen molar-refractivity contribution in [3.8, 4) is 11.5 Å². The van der Waals surface area contributed by atoms with Crippen LogP contribution in [0.1, 0.15) is 36.8 Å². The van der Waals surface area contributed by atoms with Crippen molar-refractivity contribution in [2.75, 3.05) is 13.9 Å². The third-order valence-corrected chi connectivity index (χ3v) is 7.11. The molecule has 3 aliphatic carbocycles. The number of rotatable bonds is 1. The van der Waals surface area contributed by atoms with Gasteiger partial charge in [-0.15, -0.1) is 0 Å². The van der Waals surface area contributed by atoms with E-state index in [1.54, 1.807) is 0 Å². The van der Waals surface area contributed by atoms with E-state index in [0.29, 0.717) is 18.8 Å². The molecule has 6 rings (SSSR count). The third-order valence-electron chi connectivity index (χ3n) is 7.11. The molecule has 0 bridgehead atoms. The van der Waals surface area contributed by atoms with Gasteiger partial charge in [-0.2, -0.15) is 0 Å². The molecule has 0 radical (unpaired) electrons. The Labute approximate surface area is 141 Å². The van der Waals surface area contributed by atoms with Crippen molar-refractivity contribution in [1.82, 2.24) is 0 Å². The normalized spacial score (nSPS) is 43.5. The molecule has 2 fully saturated rings. The standard InChI is InChI=1S/C20H22O4/c1-21-14-5-6-20-18(24-20)8-13-4-2-3-12-7-16-17(23-11-22-16)9-15(12)19(13,20)10-14/h5-7,9,13-14,18H,2-4,8,10-11H2,1H3. The maximum atomic E-state index is 6.31. The van der Waals surface area contributed by atoms with Crippen molar-refractivity contribution in [3.63, 3.8) is 0 Å². The van der Waals surface area contributed by atoms with Crippen LogP contribution >= 0.6 is 0 Å². The van der Waals surface area contributed by atoms with Crippen molar-refractivity contribution < 1.29 is 18.9 Å². The highest BCUT2D eigenvalue weighted by Gasteiger charge is 2.77. The molecule has 0 N–H and O–H groups in total. The van der Waals surface area contributed by atoms with Crippen molar-refractivity contribution in [3.05, 3.63) is 35.4 Å². The maximum Gasteiger partial charge on any atom is 0.231 e. The SMILES string of the molecule is COC1C=CC23OC2CC2CCCc4cc5c(cc4C23C1)OCO5. The van der Waals surface area contributed by atoms with Gasteiger partial charge in [0.15, 0.2) is 11.5 Å². The van der Waals surface area contributed by atoms with Gasteiger partial charge in [0.2, 0.25) is 6.79 Å². The Morgan fingerprint density at radius 3 is 2.96 bits per heavy atom. The largest absolute Gasteiger partial charge is 0.454 e. The number of hydrogen-bond acceptors (Lipinski definition) is 4. The van der Waals surface area contributed by atoms with Gasteiger partial charge >= 0.3 is 0 Å². The Bertz CT molecular complexity index is 756. The molecule has 4 nitrogen and oxygen atoms in total. The molecule has 1 saturated carbocycles. The van der Waals surface area contributed by atoms with E-state index >= 15 is 0 Å². The first-order valence-electron chi connectivity index (χ1n) is 9.10. The predicted molar refractivity (Wildman–Crippen MR) is 87.4 cm³/mol. The molecule has 2 aliphatic heterocycles. The summed E-state index contributed by atoms with van der Waals surface area (Å²) in [6.07, 6.45) is 10.9. The van der Waals surface area contributed by atoms with E-state index in [1.165, 1.54) is 30.4 Å². The fourth-order valence-corrected chi connectivity index (χ4v) is 6.06. The minimum Gasteiger partial charge on any atom is -0.454 e. The van der Waals surface area contributed by atoms with E-state index in [0.717, 1.165) is 24.3 Å². The van der Waals surface area contributed by atoms with E-state index in [4.69, 9.17) is 18.9 Å². The average molecular weight is 326 g/mol. The second kappa shape index (κ2) is 4.36. The highest BCUT2D eigenvalue weighted by molar-refractivity contribution is 5.57. The van der Waals surface area contributed by atoms with Gasteiger partial charge in [0.1, 0.15) is 5.60 Å². The summed E-state index contributed by atoms with van der Waals surface area (Å²) in [6.45, 7) is 0.333. The zero-order chi connectivity index (χ0) is 15.9. The Kier molecular flexibility index (Phi) is 2.49. The number of ether oxygens (including phenoxy) is 4. The molecule has 4 heteroatoms. The number of hydrogen-bond donors (Lipinski definition) is 0. The molecule has 5 unspecified atom stereocenters. The van der Waals surface area contributed by atoms with Crippen LogP contribution in [-0.4, -0.2) is 31.7 Å². The fraction of sp³-hybridized carbons (Fsp3) is 0.600. The molecule has 5 aliphatic rings. The molecule has 0 aromatic heterocycles. The number of aryl methyl sites for hydroxylation is 1. The number of benzene rings is 1. The van der Waals surface area contributed by atoms with Gasteiger partial charge in [0.05, 0.1) is 12.2 Å². The first-order valence-corrected chi connectivity index (χ1v) is 9.10. The molecule has 2 heterocycles. The van der Waals surface area contributed by atoms with E-state index in [9.17, 15) is 0 Å². The molecular formula is C20H22O4. The zero-order valence-corrected chi connectivity index (χ0v) is 13.9. The lowest BCUT2D eigenvalue weighted by atomic mass is 9.60. The molecule has 0 amide bonds. The van der Waals surface area contributed by atoms with Crippen molar-refractivity contribution in [2.45, 2.75) is 55.3 Å². The summed E-state index contributed by atoms with van der Waals surface area (Å²) in [7, 11) is 1.82. The molecule has 1 aromatic carbocycles. The monoisotopic (exact) mass is 326 g/mol. The van der Waals surface area contributed by atoms with Crippen LogP contribution in [0.4, 0.5) is 0 Å². The Morgan fingerprint density at radius 2 is 2.08 bits per heavy atom. The van der Waals surface area contributed by atoms with Crippen molar-refractivity contribution in [2.24, 2.45) is 5.92 Å². The summed E-state index contributed by atoms with van der Waals surface area (Å²) in [5, 5.41) is 0. The van der Waals surface area contributed by atoms with E-state index in [2.05, 4.69) is 24.3 Å². The Morgan fingerprint density at radius 1 is 1.21 bits per heavy atom. The van der Waals surface area contributed by atoms with Gasteiger partial charge < -0.3 is 18.9 Å². The van der Waals surface area contributed by atoms with Crippen molar-refractivity contribution >= 4 is 0 Å². The van der Waals surface area contributed by atoms with Gasteiger partial charge in [-0.3, -0.25) is 0 Å². The molecule has 1 aromatic rings. The number of methoxy groups -OCH3 is 1. The van der Waals surface area contributed by atoms with Gasteiger partial charge in [-0.25, -0.2) is 0 Å². The van der Waals surface area contributed by atoms with E-state index in [1.807, 2.05) is 7.11 Å². The summed E-state index contributed by atoms with van der Waals surface area (Å²) in [4.78, 5) is 0. The maximum absolute atomic E-state index is 6.31. The van der Waals surface area contributed by atoms with E-state index < -0.39 is 0 Å². The van der Waals surface area contributed by atoms with Crippen LogP contribution in [0.5, 0.6) is 11.5 Å². The Hall–Kier alpha value is -1.52. The topological polar surface area (TPSA) is 40.2 Å². The van der Waals surface area contributed by atoms with E-state index in [-0.39, 0.29) is 17.1 Å².